The number of halogens is 1. The second-order valence-corrected chi connectivity index (χ2v) is 6.72. The Kier molecular flexibility index (Phi) is 10.0. The van der Waals surface area contributed by atoms with E-state index in [1.165, 1.54) is 0 Å². The van der Waals surface area contributed by atoms with Gasteiger partial charge >= 0.3 is 0 Å². The molecule has 1 aromatic carbocycles. The number of ether oxygens (including phenoxy) is 3. The van der Waals surface area contributed by atoms with Gasteiger partial charge in [0, 0.05) is 24.6 Å². The zero-order valence-electron chi connectivity index (χ0n) is 17.8. The number of aliphatic imine (C=N–C) groups is 1. The largest absolute Gasteiger partial charge is 0.492 e. The average Bonchev–Trinajstić information content (AvgIpc) is 3.39. The van der Waals surface area contributed by atoms with E-state index in [0.717, 1.165) is 42.3 Å². The molecule has 1 aliphatic heterocycles. The Morgan fingerprint density at radius 3 is 2.70 bits per heavy atom. The molecule has 3 rings (SSSR count). The van der Waals surface area contributed by atoms with E-state index in [4.69, 9.17) is 18.7 Å². The first-order chi connectivity index (χ1) is 14.2. The van der Waals surface area contributed by atoms with E-state index in [0.29, 0.717) is 37.3 Å². The Morgan fingerprint density at radius 2 is 1.93 bits per heavy atom. The lowest BCUT2D eigenvalue weighted by molar-refractivity contribution is 0.173. The van der Waals surface area contributed by atoms with Crippen molar-refractivity contribution in [3.63, 3.8) is 0 Å². The SMILES string of the molecule is CCNC(=NCc1cc(C(CC)CC)no1)NCCOc1ccc2c(c1)OCO2.I. The van der Waals surface area contributed by atoms with Crippen molar-refractivity contribution in [2.45, 2.75) is 46.1 Å². The molecule has 0 bridgehead atoms. The molecular formula is C21H31IN4O4. The van der Waals surface area contributed by atoms with Crippen molar-refractivity contribution in [3.8, 4) is 17.2 Å². The third-order valence-electron chi connectivity index (χ3n) is 4.73. The molecule has 0 amide bonds. The highest BCUT2D eigenvalue weighted by molar-refractivity contribution is 14.0. The maximum Gasteiger partial charge on any atom is 0.231 e. The van der Waals surface area contributed by atoms with Crippen molar-refractivity contribution >= 4 is 29.9 Å². The summed E-state index contributed by atoms with van der Waals surface area (Å²) in [4.78, 5) is 4.57. The number of benzene rings is 1. The summed E-state index contributed by atoms with van der Waals surface area (Å²) >= 11 is 0. The third-order valence-corrected chi connectivity index (χ3v) is 4.73. The van der Waals surface area contributed by atoms with E-state index in [1.54, 1.807) is 0 Å². The van der Waals surface area contributed by atoms with Crippen LogP contribution in [-0.2, 0) is 6.54 Å². The van der Waals surface area contributed by atoms with Crippen molar-refractivity contribution in [1.29, 1.82) is 0 Å². The lowest BCUT2D eigenvalue weighted by Gasteiger charge is -2.12. The first-order valence-electron chi connectivity index (χ1n) is 10.2. The molecule has 1 aromatic heterocycles. The molecule has 0 unspecified atom stereocenters. The van der Waals surface area contributed by atoms with Gasteiger partial charge in [-0.2, -0.15) is 0 Å². The van der Waals surface area contributed by atoms with Crippen molar-refractivity contribution < 1.29 is 18.7 Å². The number of rotatable bonds is 10. The summed E-state index contributed by atoms with van der Waals surface area (Å²) in [6.45, 7) is 8.92. The molecule has 9 heteroatoms. The molecule has 166 valence electrons. The van der Waals surface area contributed by atoms with Crippen LogP contribution in [0, 0.1) is 0 Å². The molecule has 30 heavy (non-hydrogen) atoms. The molecule has 0 aliphatic carbocycles. The smallest absolute Gasteiger partial charge is 0.231 e. The lowest BCUT2D eigenvalue weighted by atomic mass is 9.99. The maximum atomic E-state index is 5.77. The van der Waals surface area contributed by atoms with Crippen LogP contribution in [0.25, 0.3) is 0 Å². The molecule has 0 atom stereocenters. The number of hydrogen-bond donors (Lipinski definition) is 2. The van der Waals surface area contributed by atoms with E-state index in [-0.39, 0.29) is 30.8 Å². The molecule has 0 saturated carbocycles. The third kappa shape index (κ3) is 6.68. The summed E-state index contributed by atoms with van der Waals surface area (Å²) in [5, 5.41) is 10.7. The minimum atomic E-state index is 0. The van der Waals surface area contributed by atoms with Crippen LogP contribution in [0.5, 0.6) is 17.2 Å². The fraction of sp³-hybridized carbons (Fsp3) is 0.524. The summed E-state index contributed by atoms with van der Waals surface area (Å²) in [6.07, 6.45) is 2.11. The van der Waals surface area contributed by atoms with E-state index in [9.17, 15) is 0 Å². The van der Waals surface area contributed by atoms with Crippen molar-refractivity contribution in [1.82, 2.24) is 15.8 Å². The van der Waals surface area contributed by atoms with E-state index < -0.39 is 0 Å². The Labute approximate surface area is 194 Å². The van der Waals surface area contributed by atoms with Crippen LogP contribution >= 0.6 is 24.0 Å². The highest BCUT2D eigenvalue weighted by atomic mass is 127. The Balaban J connectivity index is 0.00000320. The number of guanidine groups is 1. The molecule has 2 aromatic rings. The number of fused-ring (bicyclic) bond motifs is 1. The summed E-state index contributed by atoms with van der Waals surface area (Å²) in [5.74, 6) is 4.12. The zero-order valence-corrected chi connectivity index (χ0v) is 20.1. The monoisotopic (exact) mass is 530 g/mol. The predicted molar refractivity (Wildman–Crippen MR) is 126 cm³/mol. The molecule has 0 spiro atoms. The second-order valence-electron chi connectivity index (χ2n) is 6.72. The van der Waals surface area contributed by atoms with Crippen molar-refractivity contribution in [3.05, 3.63) is 35.7 Å². The molecule has 2 N–H and O–H groups in total. The second kappa shape index (κ2) is 12.5. The Bertz CT molecular complexity index is 808. The lowest BCUT2D eigenvalue weighted by Crippen LogP contribution is -2.39. The van der Waals surface area contributed by atoms with Gasteiger partial charge in [0.05, 0.1) is 12.2 Å². The minimum Gasteiger partial charge on any atom is -0.492 e. The van der Waals surface area contributed by atoms with Crippen LogP contribution in [-0.4, -0.2) is 37.6 Å². The van der Waals surface area contributed by atoms with Gasteiger partial charge in [-0.05, 0) is 31.9 Å². The fourth-order valence-corrected chi connectivity index (χ4v) is 3.11. The Morgan fingerprint density at radius 1 is 1.13 bits per heavy atom. The molecule has 2 heterocycles. The van der Waals surface area contributed by atoms with E-state index in [2.05, 4.69) is 34.6 Å². The summed E-state index contributed by atoms with van der Waals surface area (Å²) in [6, 6.07) is 7.56. The summed E-state index contributed by atoms with van der Waals surface area (Å²) in [5.41, 5.74) is 1.01. The number of hydrogen-bond acceptors (Lipinski definition) is 6. The highest BCUT2D eigenvalue weighted by Crippen LogP contribution is 2.35. The minimum absolute atomic E-state index is 0. The summed E-state index contributed by atoms with van der Waals surface area (Å²) < 4.78 is 21.9. The molecule has 0 radical (unpaired) electrons. The number of nitrogens with one attached hydrogen (secondary N) is 2. The van der Waals surface area contributed by atoms with Gasteiger partial charge in [0.1, 0.15) is 18.9 Å². The standard InChI is InChI=1S/C21H30N4O4.HI/c1-4-15(5-2)18-11-17(29-25-18)13-24-21(22-6-3)23-9-10-26-16-7-8-19-20(12-16)28-14-27-19;/h7-8,11-12,15H,4-6,9-10,13-14H2,1-3H3,(H2,22,23,24);1H. The maximum absolute atomic E-state index is 5.77. The van der Waals surface area contributed by atoms with Crippen LogP contribution in [0.2, 0.25) is 0 Å². The molecule has 0 saturated heterocycles. The van der Waals surface area contributed by atoms with Gasteiger partial charge in [-0.3, -0.25) is 0 Å². The predicted octanol–water partition coefficient (Wildman–Crippen LogP) is 4.06. The normalized spacial score (nSPS) is 12.6. The molecule has 8 nitrogen and oxygen atoms in total. The van der Waals surface area contributed by atoms with Gasteiger partial charge in [-0.1, -0.05) is 19.0 Å². The summed E-state index contributed by atoms with van der Waals surface area (Å²) in [7, 11) is 0. The molecule has 0 fully saturated rings. The van der Waals surface area contributed by atoms with Gasteiger partial charge in [-0.25, -0.2) is 4.99 Å². The van der Waals surface area contributed by atoms with Crippen molar-refractivity contribution in [2.75, 3.05) is 26.5 Å². The van der Waals surface area contributed by atoms with Crippen LogP contribution in [0.15, 0.2) is 33.8 Å². The zero-order chi connectivity index (χ0) is 20.5. The number of aromatic nitrogens is 1. The quantitative estimate of drug-likeness (QED) is 0.207. The van der Waals surface area contributed by atoms with Gasteiger partial charge in [0.2, 0.25) is 6.79 Å². The first-order valence-corrected chi connectivity index (χ1v) is 10.2. The van der Waals surface area contributed by atoms with E-state index in [1.807, 2.05) is 31.2 Å². The van der Waals surface area contributed by atoms with Gasteiger partial charge < -0.3 is 29.4 Å². The topological polar surface area (TPSA) is 90.1 Å². The van der Waals surface area contributed by atoms with Crippen LogP contribution < -0.4 is 24.8 Å². The van der Waals surface area contributed by atoms with E-state index >= 15 is 0 Å². The van der Waals surface area contributed by atoms with Gasteiger partial charge in [-0.15, -0.1) is 24.0 Å². The van der Waals surface area contributed by atoms with Crippen LogP contribution in [0.1, 0.15) is 51.0 Å². The molecular weight excluding hydrogens is 499 g/mol. The average molecular weight is 530 g/mol. The van der Waals surface area contributed by atoms with Gasteiger partial charge in [0.15, 0.2) is 23.2 Å². The van der Waals surface area contributed by atoms with Crippen LogP contribution in [0.4, 0.5) is 0 Å². The first kappa shape index (κ1) is 24.1. The highest BCUT2D eigenvalue weighted by Gasteiger charge is 2.14. The fourth-order valence-electron chi connectivity index (χ4n) is 3.11. The Hall–Kier alpha value is -2.17. The van der Waals surface area contributed by atoms with Crippen molar-refractivity contribution in [2.24, 2.45) is 4.99 Å². The van der Waals surface area contributed by atoms with Crippen LogP contribution in [0.3, 0.4) is 0 Å². The van der Waals surface area contributed by atoms with Gasteiger partial charge in [0.25, 0.3) is 0 Å². The molecule has 1 aliphatic rings. The number of nitrogens with zero attached hydrogens (tertiary/aromatic N) is 2.